The van der Waals surface area contributed by atoms with E-state index in [1.165, 1.54) is 5.56 Å². The smallest absolute Gasteiger partial charge is 0.243 e. The maximum Gasteiger partial charge on any atom is 0.243 e. The van der Waals surface area contributed by atoms with Gasteiger partial charge in [0, 0.05) is 5.56 Å². The third-order valence-electron chi connectivity index (χ3n) is 2.42. The first-order valence-electron chi connectivity index (χ1n) is 4.63. The molecule has 0 aliphatic carbocycles. The Balaban J connectivity index is 2.11. The zero-order chi connectivity index (χ0) is 9.38. The number of rotatable bonds is 0. The highest BCUT2D eigenvalue weighted by Gasteiger charge is 2.21. The summed E-state index contributed by atoms with van der Waals surface area (Å²) in [5, 5.41) is 5.82. The number of nitrogens with zero attached hydrogens (tertiary/aromatic N) is 2. The summed E-state index contributed by atoms with van der Waals surface area (Å²) in [4.78, 5) is 5.18. The predicted octanol–water partition coefficient (Wildman–Crippen LogP) is 1.13. The second-order valence-corrected chi connectivity index (χ2v) is 3.28. The lowest BCUT2D eigenvalue weighted by molar-refractivity contribution is -0.221. The molecule has 0 fully saturated rings. The lowest BCUT2D eigenvalue weighted by atomic mass is 10.1. The zero-order valence-electron chi connectivity index (χ0n) is 7.64. The molecular formula is C10H10N2O2. The van der Waals surface area contributed by atoms with E-state index in [1.807, 2.05) is 18.2 Å². The number of ether oxygens (including phenoxy) is 1. The van der Waals surface area contributed by atoms with Crippen molar-refractivity contribution in [3.63, 3.8) is 0 Å². The molecular weight excluding hydrogens is 180 g/mol. The molecule has 0 radical (unpaired) electrons. The largest absolute Gasteiger partial charge is 0.447 e. The Bertz CT molecular complexity index is 389. The predicted molar refractivity (Wildman–Crippen MR) is 50.4 cm³/mol. The van der Waals surface area contributed by atoms with Gasteiger partial charge in [0.05, 0.1) is 6.54 Å². The Morgan fingerprint density at radius 3 is 3.21 bits per heavy atom. The number of benzene rings is 1. The van der Waals surface area contributed by atoms with Crippen LogP contribution in [0.3, 0.4) is 0 Å². The molecule has 2 aliphatic rings. The van der Waals surface area contributed by atoms with E-state index >= 15 is 0 Å². The van der Waals surface area contributed by atoms with Gasteiger partial charge in [-0.05, 0) is 18.1 Å². The number of fused-ring (bicyclic) bond motifs is 3. The summed E-state index contributed by atoms with van der Waals surface area (Å²) in [5.41, 5.74) is 2.34. The Hall–Kier alpha value is -1.55. The lowest BCUT2D eigenvalue weighted by Gasteiger charge is -2.21. The van der Waals surface area contributed by atoms with Crippen LogP contribution in [-0.2, 0) is 16.0 Å². The van der Waals surface area contributed by atoms with Gasteiger partial charge in [0.25, 0.3) is 0 Å². The van der Waals surface area contributed by atoms with Crippen LogP contribution in [0.5, 0.6) is 0 Å². The van der Waals surface area contributed by atoms with Crippen molar-refractivity contribution in [2.24, 2.45) is 5.10 Å². The molecule has 0 unspecified atom stereocenters. The van der Waals surface area contributed by atoms with Crippen molar-refractivity contribution in [3.05, 3.63) is 35.4 Å². The van der Waals surface area contributed by atoms with Crippen molar-refractivity contribution in [2.45, 2.75) is 6.42 Å². The SMILES string of the molecule is c1ccc2c(c1)CCN1N=C2OCO1. The minimum absolute atomic E-state index is 0.257. The standard InChI is InChI=1S/C10H10N2O2/c1-2-4-9-8(3-1)5-6-12-11-10(9)13-7-14-12/h1-4H,5-7H2. The molecule has 0 amide bonds. The molecule has 2 aliphatic heterocycles. The first-order valence-corrected chi connectivity index (χ1v) is 4.63. The van der Waals surface area contributed by atoms with Crippen molar-refractivity contribution < 1.29 is 9.57 Å². The van der Waals surface area contributed by atoms with Gasteiger partial charge in [0.15, 0.2) is 0 Å². The fraction of sp³-hybridized carbons (Fsp3) is 0.300. The number of hydroxylamine groups is 1. The summed E-state index contributed by atoms with van der Waals surface area (Å²) >= 11 is 0. The second kappa shape index (κ2) is 2.99. The van der Waals surface area contributed by atoms with Crippen LogP contribution >= 0.6 is 0 Å². The molecule has 4 nitrogen and oxygen atoms in total. The topological polar surface area (TPSA) is 34.1 Å². The number of hydrogen-bond acceptors (Lipinski definition) is 4. The van der Waals surface area contributed by atoms with Gasteiger partial charge in [0.2, 0.25) is 12.7 Å². The molecule has 2 heterocycles. The summed E-state index contributed by atoms with van der Waals surface area (Å²) < 4.78 is 5.34. The minimum atomic E-state index is 0.257. The van der Waals surface area contributed by atoms with Gasteiger partial charge >= 0.3 is 0 Å². The molecule has 4 heteroatoms. The molecule has 0 N–H and O–H groups in total. The third kappa shape index (κ3) is 1.15. The van der Waals surface area contributed by atoms with Crippen molar-refractivity contribution >= 4 is 5.90 Å². The van der Waals surface area contributed by atoms with Gasteiger partial charge in [-0.2, -0.15) is 5.17 Å². The molecule has 0 saturated carbocycles. The summed E-state index contributed by atoms with van der Waals surface area (Å²) in [7, 11) is 0. The van der Waals surface area contributed by atoms with E-state index in [2.05, 4.69) is 11.2 Å². The van der Waals surface area contributed by atoms with Crippen molar-refractivity contribution in [1.29, 1.82) is 0 Å². The molecule has 14 heavy (non-hydrogen) atoms. The summed E-state index contributed by atoms with van der Waals surface area (Å²) in [5.74, 6) is 0.671. The van der Waals surface area contributed by atoms with Crippen LogP contribution in [0.15, 0.2) is 29.4 Å². The third-order valence-corrected chi connectivity index (χ3v) is 2.42. The fourth-order valence-electron chi connectivity index (χ4n) is 1.71. The van der Waals surface area contributed by atoms with Crippen LogP contribution in [-0.4, -0.2) is 24.4 Å². The summed E-state index contributed by atoms with van der Waals surface area (Å²) in [6.45, 7) is 1.04. The molecule has 1 aromatic rings. The zero-order valence-corrected chi connectivity index (χ0v) is 7.64. The van der Waals surface area contributed by atoms with E-state index in [4.69, 9.17) is 9.57 Å². The fourth-order valence-corrected chi connectivity index (χ4v) is 1.71. The van der Waals surface area contributed by atoms with Gasteiger partial charge in [0.1, 0.15) is 0 Å². The van der Waals surface area contributed by atoms with E-state index in [9.17, 15) is 0 Å². The Kier molecular flexibility index (Phi) is 1.67. The molecule has 0 spiro atoms. The van der Waals surface area contributed by atoms with Crippen LogP contribution in [0.4, 0.5) is 0 Å². The van der Waals surface area contributed by atoms with E-state index < -0.39 is 0 Å². The Labute approximate surface area is 81.7 Å². The first kappa shape index (κ1) is 7.82. The molecule has 1 aromatic carbocycles. The van der Waals surface area contributed by atoms with E-state index in [0.29, 0.717) is 5.90 Å². The monoisotopic (exact) mass is 190 g/mol. The maximum atomic E-state index is 5.34. The minimum Gasteiger partial charge on any atom is -0.447 e. The van der Waals surface area contributed by atoms with E-state index in [1.54, 1.807) is 5.17 Å². The Morgan fingerprint density at radius 1 is 1.29 bits per heavy atom. The van der Waals surface area contributed by atoms with E-state index in [0.717, 1.165) is 18.5 Å². The molecule has 72 valence electrons. The molecule has 3 rings (SSSR count). The maximum absolute atomic E-state index is 5.34. The van der Waals surface area contributed by atoms with Gasteiger partial charge in [-0.3, -0.25) is 0 Å². The highest BCUT2D eigenvalue weighted by atomic mass is 16.8. The van der Waals surface area contributed by atoms with Crippen LogP contribution in [0, 0.1) is 0 Å². The summed E-state index contributed by atoms with van der Waals surface area (Å²) in [6.07, 6.45) is 0.937. The van der Waals surface area contributed by atoms with Gasteiger partial charge in [-0.15, -0.1) is 5.10 Å². The van der Waals surface area contributed by atoms with Gasteiger partial charge in [-0.1, -0.05) is 18.2 Å². The average molecular weight is 190 g/mol. The lowest BCUT2D eigenvalue weighted by Crippen LogP contribution is -2.28. The van der Waals surface area contributed by atoms with Crippen LogP contribution in [0.25, 0.3) is 0 Å². The van der Waals surface area contributed by atoms with Crippen molar-refractivity contribution in [3.8, 4) is 0 Å². The van der Waals surface area contributed by atoms with Crippen LogP contribution in [0.1, 0.15) is 11.1 Å². The quantitative estimate of drug-likeness (QED) is 0.615. The molecule has 0 saturated heterocycles. The van der Waals surface area contributed by atoms with Crippen LogP contribution < -0.4 is 0 Å². The average Bonchev–Trinajstić information content (AvgIpc) is 2.38. The first-order chi connectivity index (χ1) is 6.93. The Morgan fingerprint density at radius 2 is 2.21 bits per heavy atom. The normalized spacial score (nSPS) is 19.1. The number of hydrazone groups is 1. The highest BCUT2D eigenvalue weighted by molar-refractivity contribution is 5.95. The van der Waals surface area contributed by atoms with E-state index in [-0.39, 0.29) is 6.79 Å². The highest BCUT2D eigenvalue weighted by Crippen LogP contribution is 2.19. The second-order valence-electron chi connectivity index (χ2n) is 3.28. The van der Waals surface area contributed by atoms with Crippen molar-refractivity contribution in [1.82, 2.24) is 5.17 Å². The number of hydrogen-bond donors (Lipinski definition) is 0. The van der Waals surface area contributed by atoms with Crippen LogP contribution in [0.2, 0.25) is 0 Å². The molecule has 0 atom stereocenters. The van der Waals surface area contributed by atoms with Crippen molar-refractivity contribution in [2.75, 3.05) is 13.3 Å². The van der Waals surface area contributed by atoms with Gasteiger partial charge in [-0.25, -0.2) is 4.84 Å². The van der Waals surface area contributed by atoms with Gasteiger partial charge < -0.3 is 4.74 Å². The molecule has 2 bridgehead atoms. The molecule has 0 aromatic heterocycles. The summed E-state index contributed by atoms with van der Waals surface area (Å²) in [6, 6.07) is 8.16.